The summed E-state index contributed by atoms with van der Waals surface area (Å²) in [5.41, 5.74) is 2.01. The minimum absolute atomic E-state index is 0.818. The molecule has 0 saturated carbocycles. The van der Waals surface area contributed by atoms with Gasteiger partial charge >= 0.3 is 0 Å². The Kier molecular flexibility index (Phi) is 1.77. The summed E-state index contributed by atoms with van der Waals surface area (Å²) in [6, 6.07) is 9.99. The first-order valence-electron chi connectivity index (χ1n) is 4.14. The van der Waals surface area contributed by atoms with E-state index in [0.29, 0.717) is 0 Å². The zero-order valence-corrected chi connectivity index (χ0v) is 7.44. The van der Waals surface area contributed by atoms with Crippen LogP contribution in [0.15, 0.2) is 36.5 Å². The molecule has 3 nitrogen and oxygen atoms in total. The third-order valence-electron chi connectivity index (χ3n) is 1.99. The smallest absolute Gasteiger partial charge is 0.124 e. The fraction of sp³-hybridized carbons (Fsp3) is 0.100. The number of nitrogens with zero attached hydrogens (tertiary/aromatic N) is 2. The molecular weight excluding hydrogens is 162 g/mol. The maximum absolute atomic E-state index is 5.63. The van der Waals surface area contributed by atoms with Gasteiger partial charge in [-0.05, 0) is 6.92 Å². The summed E-state index contributed by atoms with van der Waals surface area (Å²) in [4.78, 5) is 4.32. The molecule has 66 valence electrons. The van der Waals surface area contributed by atoms with Crippen molar-refractivity contribution in [3.05, 3.63) is 42.4 Å². The zero-order chi connectivity index (χ0) is 9.26. The molecule has 0 spiro atoms. The number of hydrogen-bond donors (Lipinski definition) is 1. The van der Waals surface area contributed by atoms with E-state index >= 15 is 0 Å². The SMILES string of the molecule is Cc1nc(-c2ccccc2)cn1N. The van der Waals surface area contributed by atoms with Gasteiger partial charge in [0.25, 0.3) is 0 Å². The van der Waals surface area contributed by atoms with Crippen molar-refractivity contribution < 1.29 is 0 Å². The summed E-state index contributed by atoms with van der Waals surface area (Å²) in [7, 11) is 0. The molecule has 0 atom stereocenters. The minimum atomic E-state index is 0.818. The Morgan fingerprint density at radius 3 is 2.46 bits per heavy atom. The van der Waals surface area contributed by atoms with Crippen molar-refractivity contribution in [2.45, 2.75) is 6.92 Å². The van der Waals surface area contributed by atoms with Gasteiger partial charge in [-0.25, -0.2) is 4.98 Å². The van der Waals surface area contributed by atoms with Crippen LogP contribution in [0.1, 0.15) is 5.82 Å². The number of imidazole rings is 1. The highest BCUT2D eigenvalue weighted by atomic mass is 15.3. The van der Waals surface area contributed by atoms with Gasteiger partial charge in [-0.15, -0.1) is 0 Å². The van der Waals surface area contributed by atoms with E-state index in [9.17, 15) is 0 Å². The molecule has 0 radical (unpaired) electrons. The molecular formula is C10H11N3. The Labute approximate surface area is 76.8 Å². The maximum atomic E-state index is 5.63. The van der Waals surface area contributed by atoms with Gasteiger partial charge in [0.05, 0.1) is 11.9 Å². The second-order valence-electron chi connectivity index (χ2n) is 2.95. The van der Waals surface area contributed by atoms with Crippen LogP contribution in [0.4, 0.5) is 0 Å². The second-order valence-corrected chi connectivity index (χ2v) is 2.95. The standard InChI is InChI=1S/C10H11N3/c1-8-12-10(7-13(8)11)9-5-3-2-4-6-9/h2-7H,11H2,1H3. The van der Waals surface area contributed by atoms with E-state index in [1.807, 2.05) is 43.5 Å². The van der Waals surface area contributed by atoms with Gasteiger partial charge in [-0.1, -0.05) is 30.3 Å². The molecule has 2 rings (SSSR count). The quantitative estimate of drug-likeness (QED) is 0.665. The molecule has 2 aromatic rings. The van der Waals surface area contributed by atoms with Gasteiger partial charge < -0.3 is 5.84 Å². The molecule has 0 saturated heterocycles. The number of hydrogen-bond acceptors (Lipinski definition) is 2. The molecule has 0 aliphatic carbocycles. The molecule has 1 aromatic heterocycles. The summed E-state index contributed by atoms with van der Waals surface area (Å²) >= 11 is 0. The van der Waals surface area contributed by atoms with Crippen LogP contribution in [0.25, 0.3) is 11.3 Å². The molecule has 2 N–H and O–H groups in total. The normalized spacial score (nSPS) is 10.2. The lowest BCUT2D eigenvalue weighted by molar-refractivity contribution is 0.928. The number of rotatable bonds is 1. The van der Waals surface area contributed by atoms with Gasteiger partial charge in [0.2, 0.25) is 0 Å². The van der Waals surface area contributed by atoms with E-state index < -0.39 is 0 Å². The average molecular weight is 173 g/mol. The number of benzene rings is 1. The molecule has 1 heterocycles. The fourth-order valence-corrected chi connectivity index (χ4v) is 1.23. The highest BCUT2D eigenvalue weighted by Gasteiger charge is 2.02. The van der Waals surface area contributed by atoms with Crippen molar-refractivity contribution in [1.82, 2.24) is 9.66 Å². The van der Waals surface area contributed by atoms with E-state index in [4.69, 9.17) is 5.84 Å². The van der Waals surface area contributed by atoms with E-state index in [1.165, 1.54) is 4.68 Å². The van der Waals surface area contributed by atoms with Crippen LogP contribution < -0.4 is 5.84 Å². The second kappa shape index (κ2) is 2.94. The number of aromatic nitrogens is 2. The Bertz CT molecular complexity index is 384. The lowest BCUT2D eigenvalue weighted by atomic mass is 10.2. The highest BCUT2D eigenvalue weighted by Crippen LogP contribution is 2.16. The summed E-state index contributed by atoms with van der Waals surface area (Å²) in [5, 5.41) is 0. The summed E-state index contributed by atoms with van der Waals surface area (Å²) < 4.78 is 1.53. The third-order valence-corrected chi connectivity index (χ3v) is 1.99. The van der Waals surface area contributed by atoms with E-state index in [0.717, 1.165) is 17.1 Å². The van der Waals surface area contributed by atoms with Crippen molar-refractivity contribution >= 4 is 0 Å². The van der Waals surface area contributed by atoms with Crippen LogP contribution in [-0.2, 0) is 0 Å². The Hall–Kier alpha value is -1.77. The average Bonchev–Trinajstić information content (AvgIpc) is 2.49. The summed E-state index contributed by atoms with van der Waals surface area (Å²) in [6.07, 6.45) is 1.82. The fourth-order valence-electron chi connectivity index (χ4n) is 1.23. The first-order chi connectivity index (χ1) is 6.27. The lowest BCUT2D eigenvalue weighted by Crippen LogP contribution is -2.07. The summed E-state index contributed by atoms with van der Waals surface area (Å²) in [5.74, 6) is 6.45. The first-order valence-corrected chi connectivity index (χ1v) is 4.14. The van der Waals surface area contributed by atoms with Gasteiger partial charge in [-0.3, -0.25) is 4.68 Å². The van der Waals surface area contributed by atoms with E-state index in [-0.39, 0.29) is 0 Å². The Morgan fingerprint density at radius 1 is 1.23 bits per heavy atom. The van der Waals surface area contributed by atoms with Crippen molar-refractivity contribution in [3.8, 4) is 11.3 Å². The van der Waals surface area contributed by atoms with Crippen LogP contribution in [0.3, 0.4) is 0 Å². The Morgan fingerprint density at radius 2 is 1.92 bits per heavy atom. The van der Waals surface area contributed by atoms with Gasteiger partial charge in [0.1, 0.15) is 5.82 Å². The molecule has 1 aromatic carbocycles. The van der Waals surface area contributed by atoms with Crippen molar-refractivity contribution in [2.75, 3.05) is 5.84 Å². The molecule has 0 amide bonds. The molecule has 3 heteroatoms. The topological polar surface area (TPSA) is 43.8 Å². The Balaban J connectivity index is 2.48. The van der Waals surface area contributed by atoms with E-state index in [1.54, 1.807) is 0 Å². The van der Waals surface area contributed by atoms with Crippen molar-refractivity contribution in [3.63, 3.8) is 0 Å². The molecule has 0 bridgehead atoms. The molecule has 0 aliphatic rings. The van der Waals surface area contributed by atoms with Crippen molar-refractivity contribution in [2.24, 2.45) is 0 Å². The summed E-state index contributed by atoms with van der Waals surface area (Å²) in [6.45, 7) is 1.88. The lowest BCUT2D eigenvalue weighted by Gasteiger charge is -1.92. The molecule has 0 fully saturated rings. The van der Waals surface area contributed by atoms with Crippen LogP contribution >= 0.6 is 0 Å². The number of nitrogen functional groups attached to an aromatic ring is 1. The van der Waals surface area contributed by atoms with E-state index in [2.05, 4.69) is 4.98 Å². The number of nitrogens with two attached hydrogens (primary N) is 1. The van der Waals surface area contributed by atoms with Gasteiger partial charge in [-0.2, -0.15) is 0 Å². The van der Waals surface area contributed by atoms with Crippen LogP contribution in [0, 0.1) is 6.92 Å². The number of aryl methyl sites for hydroxylation is 1. The van der Waals surface area contributed by atoms with Crippen LogP contribution in [-0.4, -0.2) is 9.66 Å². The molecule has 0 unspecified atom stereocenters. The third kappa shape index (κ3) is 1.40. The predicted octanol–water partition coefficient (Wildman–Crippen LogP) is 1.57. The largest absolute Gasteiger partial charge is 0.338 e. The monoisotopic (exact) mass is 173 g/mol. The zero-order valence-electron chi connectivity index (χ0n) is 7.44. The maximum Gasteiger partial charge on any atom is 0.124 e. The van der Waals surface area contributed by atoms with Gasteiger partial charge in [0, 0.05) is 5.56 Å². The highest BCUT2D eigenvalue weighted by molar-refractivity contribution is 5.58. The molecule has 0 aliphatic heterocycles. The first kappa shape index (κ1) is 7.86. The van der Waals surface area contributed by atoms with Crippen LogP contribution in [0.2, 0.25) is 0 Å². The van der Waals surface area contributed by atoms with Gasteiger partial charge in [0.15, 0.2) is 0 Å². The minimum Gasteiger partial charge on any atom is -0.338 e. The predicted molar refractivity (Wildman–Crippen MR) is 52.6 cm³/mol. The van der Waals surface area contributed by atoms with Crippen LogP contribution in [0.5, 0.6) is 0 Å². The van der Waals surface area contributed by atoms with Crippen molar-refractivity contribution in [1.29, 1.82) is 0 Å². The molecule has 13 heavy (non-hydrogen) atoms.